The van der Waals surface area contributed by atoms with Gasteiger partial charge in [0.25, 0.3) is 0 Å². The van der Waals surface area contributed by atoms with E-state index in [1.807, 2.05) is 180 Å². The molecule has 4 saturated heterocycles. The lowest BCUT2D eigenvalue weighted by Gasteiger charge is -2.29. The van der Waals surface area contributed by atoms with Gasteiger partial charge in [0, 0.05) is 106 Å². The van der Waals surface area contributed by atoms with Crippen LogP contribution in [0.3, 0.4) is 0 Å². The van der Waals surface area contributed by atoms with Crippen molar-refractivity contribution >= 4 is 103 Å². The van der Waals surface area contributed by atoms with Gasteiger partial charge in [-0.05, 0) is 155 Å². The van der Waals surface area contributed by atoms with Crippen molar-refractivity contribution < 1.29 is 63.2 Å². The van der Waals surface area contributed by atoms with Crippen LogP contribution in [0.5, 0.6) is 0 Å². The summed E-state index contributed by atoms with van der Waals surface area (Å²) >= 11 is 7.99. The lowest BCUT2D eigenvalue weighted by Crippen LogP contribution is -2.44. The topological polar surface area (TPSA) is 378 Å². The summed E-state index contributed by atoms with van der Waals surface area (Å²) in [7, 11) is 0. The quantitative estimate of drug-likeness (QED) is 0.0228. The molecule has 0 bridgehead atoms. The van der Waals surface area contributed by atoms with Gasteiger partial charge >= 0.3 is 0 Å². The van der Waals surface area contributed by atoms with Gasteiger partial charge in [-0.25, -0.2) is 34.9 Å². The minimum atomic E-state index is -0.709. The van der Waals surface area contributed by atoms with E-state index in [1.165, 1.54) is 16.2 Å². The first-order valence-electron chi connectivity index (χ1n) is 46.9. The van der Waals surface area contributed by atoms with E-state index in [-0.39, 0.29) is 109 Å². The number of imidazole rings is 1. The number of β-amino-alcohol motifs (C(OH)–C–C–N with tert-alkyl or cyclic N) is 4. The summed E-state index contributed by atoms with van der Waals surface area (Å²) in [4.78, 5) is 152. The smallest absolute Gasteiger partial charge is 0.236 e. The maximum atomic E-state index is 13.5. The molecule has 4 fully saturated rings. The number of aliphatic hydroxyl groups excluding tert-OH is 4. The molecule has 12 aromatic rings. The molecule has 6 N–H and O–H groups in total. The fourth-order valence-corrected chi connectivity index (χ4v) is 22.8. The second kappa shape index (κ2) is 46.5. The van der Waals surface area contributed by atoms with E-state index >= 15 is 0 Å². The molecule has 0 radical (unpaired) electrons. The van der Waals surface area contributed by atoms with E-state index in [4.69, 9.17) is 4.42 Å². The summed E-state index contributed by atoms with van der Waals surface area (Å²) < 4.78 is 5.65. The maximum absolute atomic E-state index is 13.5. The number of oxazole rings is 1. The van der Waals surface area contributed by atoms with Crippen LogP contribution in [-0.2, 0) is 64.0 Å². The number of carbonyl (C=O) groups is 8. The first kappa shape index (κ1) is 102. The van der Waals surface area contributed by atoms with Crippen molar-refractivity contribution in [2.45, 2.75) is 260 Å². The monoisotopic (exact) mass is 1940 g/mol. The number of likely N-dealkylation sites (tertiary alicyclic amines) is 4. The molecule has 12 heterocycles. The highest BCUT2D eigenvalue weighted by Crippen LogP contribution is 2.40. The Morgan fingerprint density at radius 2 is 0.699 bits per heavy atom. The van der Waals surface area contributed by atoms with Gasteiger partial charge in [-0.3, -0.25) is 43.5 Å². The van der Waals surface area contributed by atoms with Gasteiger partial charge < -0.3 is 49.4 Å². The number of carbonyl (C=O) groups excluding carboxylic acids is 8. The number of nitrogens with zero attached hydrogens (tertiary/aromatic N) is 12. The molecule has 0 saturated carbocycles. The molecule has 8 aromatic heterocycles. The number of Topliss-reactive ketones (excluding diaryl/α,β-unsaturated/α-hetero) is 4. The molecule has 0 aliphatic carbocycles. The average molecular weight is 1940 g/mol. The molecule has 12 atom stereocenters. The molecule has 136 heavy (non-hydrogen) atoms. The number of amides is 4. The number of rotatable bonds is 32. The van der Waals surface area contributed by atoms with E-state index < -0.39 is 72.3 Å². The number of aryl methyl sites for hydroxylation is 12. The average Bonchev–Trinajstić information content (AvgIpc) is 1.64. The Bertz CT molecular complexity index is 5330. The van der Waals surface area contributed by atoms with Crippen LogP contribution in [0.15, 0.2) is 148 Å². The Morgan fingerprint density at radius 3 is 0.956 bits per heavy atom. The third-order valence-corrected chi connectivity index (χ3v) is 30.7. The van der Waals surface area contributed by atoms with Gasteiger partial charge in [0.15, 0.2) is 23.1 Å². The number of H-pyrrole nitrogens is 2. The predicted molar refractivity (Wildman–Crippen MR) is 532 cm³/mol. The van der Waals surface area contributed by atoms with Crippen molar-refractivity contribution in [3.8, 4) is 41.8 Å². The number of benzene rings is 4. The number of aromatic amines is 2. The fraction of sp³-hybridized carbons (Fsp3) is 0.462. The molecule has 4 amide bonds. The molecule has 4 aromatic carbocycles. The summed E-state index contributed by atoms with van der Waals surface area (Å²) in [5.41, 5.74) is 22.7. The summed E-state index contributed by atoms with van der Waals surface area (Å²) in [5.74, 6) is -0.930. The second-order valence-electron chi connectivity index (χ2n) is 37.7. The van der Waals surface area contributed by atoms with Crippen LogP contribution in [0.4, 0.5) is 0 Å². The van der Waals surface area contributed by atoms with Gasteiger partial charge in [-0.1, -0.05) is 152 Å². The minimum Gasteiger partial charge on any atom is -0.445 e. The summed E-state index contributed by atoms with van der Waals surface area (Å²) in [6.45, 7) is 32.0. The normalized spacial score (nSPS) is 19.1. The minimum absolute atomic E-state index is 0.00473. The Kier molecular flexibility index (Phi) is 35.0. The molecule has 16 rings (SSSR count). The Labute approximate surface area is 815 Å². The van der Waals surface area contributed by atoms with Crippen LogP contribution in [0.2, 0.25) is 0 Å². The number of thiazole rings is 5. The Hall–Kier alpha value is -10.9. The van der Waals surface area contributed by atoms with Crippen molar-refractivity contribution in [1.82, 2.24) is 69.7 Å². The number of aliphatic hydroxyl groups is 4. The SMILES string of the molecule is Cc1cc([C@H](C(=O)N2C[C@H](O)C[C@H]2C(=O)CCc2ccc(-c3scnc3C)cc2)C(C)C)n[nH]1.Cc1cnc([C@H](C(=O)N2C[C@H](O)C[C@H]2C(=O)CCc2ccc(-c3scnc3C)cc2)C(C)C)[nH]1.Cc1cnc([C@H](C(=O)N2C[C@H](O)C[C@H]2C(=O)CCc2ccc(-c3scnc3C)cc2)C(C)C)o1.Cc1cnc([C@H](C(=O)N2C[C@H](O)C[C@H]2C(=O)CCc2ccc(-c3scnc3C)cc2)C(C)C)s1. The molecule has 0 spiro atoms. The molecule has 0 unspecified atom stereocenters. The lowest BCUT2D eigenvalue weighted by molar-refractivity contribution is -0.140. The molecule has 4 aliphatic heterocycles. The standard InChI is InChI=1S/2C26H32N4O3S.C26H31N3O4S.C26H31N3O3S2/c1-15(2)23(25-27-12-16(3)29-25)26(33)30-13-20(31)11-21(30)22(32)10-7-18-5-8-19(9-6-18)24-17(4)28-14-34-24;1-15(2)24(21-11-16(3)28-29-21)26(33)30-13-20(31)12-22(30)23(32)10-7-18-5-8-19(9-6-18)25-17(4)27-14-34-25;1-15(2)23(25-27-12-16(3)33-25)26(32)29-13-20(30)11-21(29)22(31)10-7-18-5-8-19(9-6-18)24-17(4)28-14-34-24;1-15(2)23(25-27-12-16(3)34-25)26(32)29-13-20(30)11-21(29)22(31)10-7-18-5-8-19(9-6-18)24-17(4)28-14-33-24/h5-6,8-9,12,14-15,20-21,23,31H,7,10-11,13H2,1-4H3,(H,27,29);5-6,8-9,11,14-15,20,22,24,31H,7,10,12-13H2,1-4H3,(H,28,29);2*5-6,8-9,12,14-15,20-21,23,30H,7,10-11,13H2,1-4H3/t20-,21+,23-;20-,22+,24-;2*20-,21+,23-/m1111/s1. The van der Waals surface area contributed by atoms with Crippen LogP contribution in [0.1, 0.15) is 220 Å². The number of ketones is 4. The summed E-state index contributed by atoms with van der Waals surface area (Å²) in [6, 6.07) is 32.3. The van der Waals surface area contributed by atoms with E-state index in [2.05, 4.69) is 98.6 Å². The van der Waals surface area contributed by atoms with Crippen LogP contribution in [-0.4, -0.2) is 212 Å². The molecular weight excluding hydrogens is 1810 g/mol. The highest BCUT2D eigenvalue weighted by Gasteiger charge is 2.48. The largest absolute Gasteiger partial charge is 0.445 e. The number of nitrogens with one attached hydrogen (secondary N) is 2. The van der Waals surface area contributed by atoms with Gasteiger partial charge in [-0.2, -0.15) is 5.10 Å². The maximum Gasteiger partial charge on any atom is 0.236 e. The molecule has 720 valence electrons. The lowest BCUT2D eigenvalue weighted by atomic mass is 9.90. The molecule has 4 aliphatic rings. The Balaban J connectivity index is 0.000000153. The van der Waals surface area contributed by atoms with Crippen molar-refractivity contribution in [3.63, 3.8) is 0 Å². The van der Waals surface area contributed by atoms with Gasteiger partial charge in [0.2, 0.25) is 29.5 Å². The van der Waals surface area contributed by atoms with E-state index in [1.54, 1.807) is 85.6 Å². The number of aromatic nitrogens is 10. The van der Waals surface area contributed by atoms with Crippen LogP contribution >= 0.6 is 56.7 Å². The van der Waals surface area contributed by atoms with E-state index in [9.17, 15) is 58.8 Å². The third kappa shape index (κ3) is 25.3. The van der Waals surface area contributed by atoms with Crippen molar-refractivity contribution in [2.24, 2.45) is 23.7 Å². The Morgan fingerprint density at radius 1 is 0.382 bits per heavy atom. The fourth-order valence-electron chi connectivity index (χ4n) is 18.6. The zero-order valence-electron chi connectivity index (χ0n) is 80.3. The zero-order valence-corrected chi connectivity index (χ0v) is 84.4. The number of hydrogen-bond donors (Lipinski definition) is 6. The summed E-state index contributed by atoms with van der Waals surface area (Å²) in [6.07, 6.45) is 7.16. The highest BCUT2D eigenvalue weighted by atomic mass is 32.1. The van der Waals surface area contributed by atoms with Crippen molar-refractivity contribution in [1.29, 1.82) is 0 Å². The first-order valence-corrected chi connectivity index (χ1v) is 51.2. The highest BCUT2D eigenvalue weighted by molar-refractivity contribution is 7.14. The van der Waals surface area contributed by atoms with E-state index in [0.717, 1.165) is 108 Å². The zero-order chi connectivity index (χ0) is 97.6. The van der Waals surface area contributed by atoms with Gasteiger partial charge in [0.1, 0.15) is 22.5 Å². The second-order valence-corrected chi connectivity index (χ2v) is 42.4. The molecule has 27 nitrogen and oxygen atoms in total. The number of hydrogen-bond acceptors (Lipinski definition) is 26. The van der Waals surface area contributed by atoms with Crippen LogP contribution in [0, 0.1) is 79.1 Å². The first-order chi connectivity index (χ1) is 65.0. The molecule has 32 heteroatoms. The van der Waals surface area contributed by atoms with Gasteiger partial charge in [0.05, 0.1) is 143 Å². The molecular formula is C104H126N14O13S5. The van der Waals surface area contributed by atoms with Crippen LogP contribution in [0.25, 0.3) is 41.8 Å². The van der Waals surface area contributed by atoms with E-state index in [0.29, 0.717) is 87.4 Å². The van der Waals surface area contributed by atoms with Crippen LogP contribution < -0.4 is 0 Å². The predicted octanol–water partition coefficient (Wildman–Crippen LogP) is 17.2. The van der Waals surface area contributed by atoms with Crippen molar-refractivity contribution in [2.75, 3.05) is 26.2 Å². The van der Waals surface area contributed by atoms with Crippen molar-refractivity contribution in [3.05, 3.63) is 233 Å². The van der Waals surface area contributed by atoms with Gasteiger partial charge in [-0.15, -0.1) is 56.7 Å². The summed E-state index contributed by atoms with van der Waals surface area (Å²) in [5, 5.41) is 49.3. The third-order valence-electron chi connectivity index (χ3n) is 25.8.